The lowest BCUT2D eigenvalue weighted by Crippen LogP contribution is -2.09. The van der Waals surface area contributed by atoms with E-state index in [1.165, 1.54) is 18.6 Å². The molecule has 2 aromatic rings. The minimum absolute atomic E-state index is 0.127. The number of carbonyl (C=O) groups excluding carboxylic acids is 1. The zero-order chi connectivity index (χ0) is 13.8. The molecule has 100 valence electrons. The standard InChI is InChI=1S/C14H15FN2OS/c1-9(11-5-6-19-8-11)16-12-3-4-13(15)14(7-12)17-10(2)18/h3-9,16H,1-2H3,(H,17,18). The van der Waals surface area contributed by atoms with Crippen LogP contribution in [-0.4, -0.2) is 5.91 Å². The molecular formula is C14H15FN2OS. The Hall–Kier alpha value is -1.88. The highest BCUT2D eigenvalue weighted by Gasteiger charge is 2.09. The Morgan fingerprint density at radius 2 is 2.16 bits per heavy atom. The average molecular weight is 278 g/mol. The van der Waals surface area contributed by atoms with Crippen LogP contribution in [0.15, 0.2) is 35.0 Å². The zero-order valence-electron chi connectivity index (χ0n) is 10.7. The largest absolute Gasteiger partial charge is 0.378 e. The van der Waals surface area contributed by atoms with Gasteiger partial charge in [-0.1, -0.05) is 0 Å². The van der Waals surface area contributed by atoms with Crippen molar-refractivity contribution in [1.29, 1.82) is 0 Å². The van der Waals surface area contributed by atoms with Crippen LogP contribution in [-0.2, 0) is 4.79 Å². The van der Waals surface area contributed by atoms with E-state index in [0.717, 1.165) is 5.69 Å². The second-order valence-corrected chi connectivity index (χ2v) is 5.08. The van der Waals surface area contributed by atoms with Crippen molar-refractivity contribution in [3.63, 3.8) is 0 Å². The number of amides is 1. The molecule has 0 radical (unpaired) electrons. The third-order valence-corrected chi connectivity index (χ3v) is 3.40. The SMILES string of the molecule is CC(=O)Nc1cc(NC(C)c2ccsc2)ccc1F. The normalized spacial score (nSPS) is 11.9. The molecule has 19 heavy (non-hydrogen) atoms. The molecule has 2 rings (SSSR count). The molecule has 0 aliphatic heterocycles. The first-order valence-corrected chi connectivity index (χ1v) is 6.86. The van der Waals surface area contributed by atoms with Gasteiger partial charge in [0.2, 0.25) is 5.91 Å². The van der Waals surface area contributed by atoms with E-state index in [0.29, 0.717) is 0 Å². The lowest BCUT2D eigenvalue weighted by molar-refractivity contribution is -0.114. The molecule has 0 bridgehead atoms. The van der Waals surface area contributed by atoms with Gasteiger partial charge in [-0.25, -0.2) is 4.39 Å². The van der Waals surface area contributed by atoms with Crippen molar-refractivity contribution >= 4 is 28.6 Å². The fourth-order valence-electron chi connectivity index (χ4n) is 1.76. The molecule has 0 spiro atoms. The average Bonchev–Trinajstić information content (AvgIpc) is 2.86. The lowest BCUT2D eigenvalue weighted by atomic mass is 10.1. The Morgan fingerprint density at radius 3 is 2.79 bits per heavy atom. The number of thiophene rings is 1. The van der Waals surface area contributed by atoms with Gasteiger partial charge in [-0.05, 0) is 47.5 Å². The Kier molecular flexibility index (Phi) is 4.16. The van der Waals surface area contributed by atoms with Crippen LogP contribution in [0.3, 0.4) is 0 Å². The van der Waals surface area contributed by atoms with Crippen LogP contribution in [0.1, 0.15) is 25.5 Å². The maximum absolute atomic E-state index is 13.5. The van der Waals surface area contributed by atoms with Crippen molar-refractivity contribution in [3.05, 3.63) is 46.4 Å². The van der Waals surface area contributed by atoms with Crippen molar-refractivity contribution < 1.29 is 9.18 Å². The summed E-state index contributed by atoms with van der Waals surface area (Å²) in [4.78, 5) is 11.0. The summed E-state index contributed by atoms with van der Waals surface area (Å²) >= 11 is 1.64. The molecule has 1 atom stereocenters. The molecular weight excluding hydrogens is 263 g/mol. The number of halogens is 1. The van der Waals surface area contributed by atoms with Crippen molar-refractivity contribution in [2.24, 2.45) is 0 Å². The van der Waals surface area contributed by atoms with E-state index in [2.05, 4.69) is 16.0 Å². The summed E-state index contributed by atoms with van der Waals surface area (Å²) in [7, 11) is 0. The Balaban J connectivity index is 2.14. The van der Waals surface area contributed by atoms with Gasteiger partial charge in [-0.3, -0.25) is 4.79 Å². The van der Waals surface area contributed by atoms with Gasteiger partial charge in [0.1, 0.15) is 5.82 Å². The van der Waals surface area contributed by atoms with Crippen molar-refractivity contribution in [3.8, 4) is 0 Å². The van der Waals surface area contributed by atoms with Crippen LogP contribution < -0.4 is 10.6 Å². The second kappa shape index (κ2) is 5.84. The smallest absolute Gasteiger partial charge is 0.221 e. The zero-order valence-corrected chi connectivity index (χ0v) is 11.6. The second-order valence-electron chi connectivity index (χ2n) is 4.30. The highest BCUT2D eigenvalue weighted by molar-refractivity contribution is 7.07. The first-order chi connectivity index (χ1) is 9.06. The highest BCUT2D eigenvalue weighted by atomic mass is 32.1. The maximum atomic E-state index is 13.5. The molecule has 1 aromatic heterocycles. The van der Waals surface area contributed by atoms with Crippen LogP contribution in [0.4, 0.5) is 15.8 Å². The van der Waals surface area contributed by atoms with Gasteiger partial charge in [-0.2, -0.15) is 11.3 Å². The van der Waals surface area contributed by atoms with Gasteiger partial charge in [0, 0.05) is 18.7 Å². The third kappa shape index (κ3) is 3.54. The highest BCUT2D eigenvalue weighted by Crippen LogP contribution is 2.24. The van der Waals surface area contributed by atoms with Crippen molar-refractivity contribution in [2.75, 3.05) is 10.6 Å². The van der Waals surface area contributed by atoms with E-state index in [-0.39, 0.29) is 17.6 Å². The number of rotatable bonds is 4. The van der Waals surface area contributed by atoms with Crippen LogP contribution in [0.2, 0.25) is 0 Å². The number of anilines is 2. The van der Waals surface area contributed by atoms with E-state index >= 15 is 0 Å². The molecule has 1 heterocycles. The van der Waals surface area contributed by atoms with E-state index in [9.17, 15) is 9.18 Å². The van der Waals surface area contributed by atoms with Gasteiger partial charge < -0.3 is 10.6 Å². The molecule has 1 aromatic carbocycles. The van der Waals surface area contributed by atoms with Crippen molar-refractivity contribution in [2.45, 2.75) is 19.9 Å². The van der Waals surface area contributed by atoms with Gasteiger partial charge in [0.25, 0.3) is 0 Å². The molecule has 0 aliphatic rings. The molecule has 0 fully saturated rings. The summed E-state index contributed by atoms with van der Waals surface area (Å²) in [5.41, 5.74) is 2.13. The summed E-state index contributed by atoms with van der Waals surface area (Å²) in [5.74, 6) is -0.731. The minimum Gasteiger partial charge on any atom is -0.378 e. The van der Waals surface area contributed by atoms with Crippen LogP contribution in [0.25, 0.3) is 0 Å². The molecule has 1 unspecified atom stereocenters. The van der Waals surface area contributed by atoms with E-state index < -0.39 is 5.82 Å². The predicted octanol–water partition coefficient (Wildman–Crippen LogP) is 4.02. The summed E-state index contributed by atoms with van der Waals surface area (Å²) in [6.45, 7) is 3.39. The third-order valence-electron chi connectivity index (χ3n) is 2.70. The van der Waals surface area contributed by atoms with Crippen molar-refractivity contribution in [1.82, 2.24) is 0 Å². The summed E-state index contributed by atoms with van der Waals surface area (Å²) in [6.07, 6.45) is 0. The summed E-state index contributed by atoms with van der Waals surface area (Å²) in [5, 5.41) is 9.82. The Labute approximate surface area is 115 Å². The first kappa shape index (κ1) is 13.5. The van der Waals surface area contributed by atoms with Gasteiger partial charge in [-0.15, -0.1) is 0 Å². The molecule has 0 saturated carbocycles. The fraction of sp³-hybridized carbons (Fsp3) is 0.214. The van der Waals surface area contributed by atoms with Crippen LogP contribution in [0, 0.1) is 5.82 Å². The minimum atomic E-state index is -0.441. The van der Waals surface area contributed by atoms with Gasteiger partial charge in [0.15, 0.2) is 0 Å². The maximum Gasteiger partial charge on any atom is 0.221 e. The topological polar surface area (TPSA) is 41.1 Å². The van der Waals surface area contributed by atoms with E-state index in [4.69, 9.17) is 0 Å². The lowest BCUT2D eigenvalue weighted by Gasteiger charge is -2.15. The van der Waals surface area contributed by atoms with Gasteiger partial charge >= 0.3 is 0 Å². The van der Waals surface area contributed by atoms with Crippen LogP contribution in [0.5, 0.6) is 0 Å². The Bertz CT molecular complexity index is 569. The number of benzene rings is 1. The first-order valence-electron chi connectivity index (χ1n) is 5.92. The van der Waals surface area contributed by atoms with Crippen LogP contribution >= 0.6 is 11.3 Å². The quantitative estimate of drug-likeness (QED) is 0.887. The molecule has 0 saturated heterocycles. The molecule has 3 nitrogen and oxygen atoms in total. The Morgan fingerprint density at radius 1 is 1.37 bits per heavy atom. The number of carbonyl (C=O) groups is 1. The van der Waals surface area contributed by atoms with E-state index in [1.54, 1.807) is 23.5 Å². The summed E-state index contributed by atoms with van der Waals surface area (Å²) < 4.78 is 13.5. The number of hydrogen-bond donors (Lipinski definition) is 2. The number of hydrogen-bond acceptors (Lipinski definition) is 3. The monoisotopic (exact) mass is 278 g/mol. The van der Waals surface area contributed by atoms with E-state index in [1.807, 2.05) is 18.4 Å². The fourth-order valence-corrected chi connectivity index (χ4v) is 2.51. The summed E-state index contributed by atoms with van der Waals surface area (Å²) in [6, 6.07) is 6.76. The van der Waals surface area contributed by atoms with Gasteiger partial charge in [0.05, 0.1) is 5.69 Å². The predicted molar refractivity (Wildman–Crippen MR) is 77.1 cm³/mol. The molecule has 0 aliphatic carbocycles. The number of nitrogens with one attached hydrogen (secondary N) is 2. The molecule has 5 heteroatoms. The molecule has 2 N–H and O–H groups in total. The molecule has 1 amide bonds.